The van der Waals surface area contributed by atoms with E-state index in [0.717, 1.165) is 11.1 Å². The Morgan fingerprint density at radius 1 is 1.04 bits per heavy atom. The van der Waals surface area contributed by atoms with Gasteiger partial charge in [0.2, 0.25) is 0 Å². The van der Waals surface area contributed by atoms with Crippen molar-refractivity contribution in [1.29, 1.82) is 0 Å². The molecule has 0 aliphatic carbocycles. The van der Waals surface area contributed by atoms with Crippen LogP contribution in [-0.4, -0.2) is 28.9 Å². The third kappa shape index (κ3) is 6.08. The first kappa shape index (κ1) is 20.9. The maximum atomic E-state index is 12.3. The van der Waals surface area contributed by atoms with Crippen molar-refractivity contribution in [3.8, 4) is 0 Å². The lowest BCUT2D eigenvalue weighted by molar-refractivity contribution is -0.0652. The third-order valence-electron chi connectivity index (χ3n) is 4.79. The highest BCUT2D eigenvalue weighted by atomic mass is 16.5. The maximum absolute atomic E-state index is 12.3. The molecule has 0 aromatic heterocycles. The van der Waals surface area contributed by atoms with Crippen molar-refractivity contribution in [2.45, 2.75) is 58.2 Å². The molecule has 2 rings (SSSR count). The van der Waals surface area contributed by atoms with E-state index in [1.54, 1.807) is 13.8 Å². The van der Waals surface area contributed by atoms with Crippen molar-refractivity contribution in [1.82, 2.24) is 5.32 Å². The van der Waals surface area contributed by atoms with Gasteiger partial charge in [0.05, 0.1) is 24.4 Å². The Morgan fingerprint density at radius 2 is 1.56 bits per heavy atom. The Hall–Kier alpha value is -2.37. The highest BCUT2D eigenvalue weighted by Crippen LogP contribution is 2.23. The van der Waals surface area contributed by atoms with Gasteiger partial charge in [-0.1, -0.05) is 67.6 Å². The number of carbonyl (C=O) groups excluding carboxylic acids is 1. The highest BCUT2D eigenvalue weighted by Gasteiger charge is 2.40. The van der Waals surface area contributed by atoms with E-state index in [1.165, 1.54) is 0 Å². The van der Waals surface area contributed by atoms with E-state index in [-0.39, 0.29) is 12.7 Å². The topological polar surface area (TPSA) is 67.8 Å². The van der Waals surface area contributed by atoms with Crippen molar-refractivity contribution in [2.75, 3.05) is 0 Å². The Labute approximate surface area is 161 Å². The fraction of sp³-hybridized carbons (Fsp3) is 0.409. The Bertz CT molecular complexity index is 690. The second-order valence-electron chi connectivity index (χ2n) is 6.84. The molecule has 2 N–H and O–H groups in total. The number of nitrogens with one attached hydrogen (secondary N) is 1. The molecule has 0 spiro atoms. The summed E-state index contributed by atoms with van der Waals surface area (Å²) in [6.07, 6.45) is -1.14. The van der Waals surface area contributed by atoms with Gasteiger partial charge in [0.1, 0.15) is 6.61 Å². The van der Waals surface area contributed by atoms with Crippen LogP contribution in [0, 0.1) is 0 Å². The Balaban J connectivity index is 1.99. The molecule has 27 heavy (non-hydrogen) atoms. The zero-order valence-electron chi connectivity index (χ0n) is 16.2. The summed E-state index contributed by atoms with van der Waals surface area (Å²) in [7, 11) is 0. The fourth-order valence-corrected chi connectivity index (χ4v) is 2.92. The van der Waals surface area contributed by atoms with Crippen molar-refractivity contribution < 1.29 is 19.4 Å². The standard InChI is InChI=1S/C22H29NO4/c1-4-20(26-15-18-11-7-5-8-12-18)22(3,17(2)24)23-21(25)27-16-19-13-9-6-10-14-19/h5-14,17,20,24H,4,15-16H2,1-3H3,(H,23,25)/t17-,20+,22+/m0/s1. The molecular weight excluding hydrogens is 342 g/mol. The minimum absolute atomic E-state index is 0.171. The van der Waals surface area contributed by atoms with Crippen molar-refractivity contribution in [3.05, 3.63) is 71.8 Å². The Morgan fingerprint density at radius 3 is 2.04 bits per heavy atom. The monoisotopic (exact) mass is 371 g/mol. The smallest absolute Gasteiger partial charge is 0.408 e. The quantitative estimate of drug-likeness (QED) is 0.698. The zero-order chi connectivity index (χ0) is 19.7. The van der Waals surface area contributed by atoms with Crippen LogP contribution in [0.5, 0.6) is 0 Å². The highest BCUT2D eigenvalue weighted by molar-refractivity contribution is 5.68. The molecular formula is C22H29NO4. The normalized spacial score (nSPS) is 15.4. The van der Waals surface area contributed by atoms with Crippen LogP contribution in [0.4, 0.5) is 4.79 Å². The van der Waals surface area contributed by atoms with Gasteiger partial charge in [0, 0.05) is 0 Å². The number of hydrogen-bond donors (Lipinski definition) is 2. The van der Waals surface area contributed by atoms with Crippen LogP contribution in [-0.2, 0) is 22.7 Å². The second-order valence-corrected chi connectivity index (χ2v) is 6.84. The van der Waals surface area contributed by atoms with Gasteiger partial charge in [-0.05, 0) is 31.4 Å². The summed E-state index contributed by atoms with van der Waals surface area (Å²) >= 11 is 0. The summed E-state index contributed by atoms with van der Waals surface area (Å²) in [5.74, 6) is 0. The van der Waals surface area contributed by atoms with Gasteiger partial charge >= 0.3 is 6.09 Å². The lowest BCUT2D eigenvalue weighted by Crippen LogP contribution is -2.61. The molecule has 0 saturated heterocycles. The molecule has 0 bridgehead atoms. The average Bonchev–Trinajstić information content (AvgIpc) is 2.68. The molecule has 2 aromatic carbocycles. The van der Waals surface area contributed by atoms with Crippen molar-refractivity contribution in [2.24, 2.45) is 0 Å². The lowest BCUT2D eigenvalue weighted by atomic mass is 9.87. The molecule has 1 amide bonds. The molecule has 0 aliphatic heterocycles. The third-order valence-corrected chi connectivity index (χ3v) is 4.79. The molecule has 0 unspecified atom stereocenters. The van der Waals surface area contributed by atoms with Gasteiger partial charge in [-0.2, -0.15) is 0 Å². The number of ether oxygens (including phenoxy) is 2. The molecule has 0 heterocycles. The molecule has 0 aliphatic rings. The first-order valence-electron chi connectivity index (χ1n) is 9.28. The van der Waals surface area contributed by atoms with Gasteiger partial charge in [0.25, 0.3) is 0 Å². The molecule has 5 nitrogen and oxygen atoms in total. The minimum Gasteiger partial charge on any atom is -0.445 e. The first-order chi connectivity index (χ1) is 13.0. The fourth-order valence-electron chi connectivity index (χ4n) is 2.92. The van der Waals surface area contributed by atoms with Gasteiger partial charge in [-0.15, -0.1) is 0 Å². The first-order valence-corrected chi connectivity index (χ1v) is 9.28. The molecule has 0 fully saturated rings. The number of amides is 1. The van der Waals surface area contributed by atoms with E-state index in [4.69, 9.17) is 9.47 Å². The summed E-state index contributed by atoms with van der Waals surface area (Å²) in [6, 6.07) is 19.3. The summed E-state index contributed by atoms with van der Waals surface area (Å²) in [5.41, 5.74) is 0.964. The van der Waals surface area contributed by atoms with Gasteiger partial charge in [-0.3, -0.25) is 0 Å². The number of aliphatic hydroxyl groups excluding tert-OH is 1. The number of benzene rings is 2. The minimum atomic E-state index is -0.975. The average molecular weight is 371 g/mol. The summed E-state index contributed by atoms with van der Waals surface area (Å²) in [4.78, 5) is 12.3. The van der Waals surface area contributed by atoms with E-state index < -0.39 is 17.7 Å². The van der Waals surface area contributed by atoms with E-state index in [9.17, 15) is 9.90 Å². The molecule has 5 heteroatoms. The van der Waals surface area contributed by atoms with Crippen LogP contribution in [0.1, 0.15) is 38.3 Å². The van der Waals surface area contributed by atoms with Gasteiger partial charge < -0.3 is 19.9 Å². The number of carbonyl (C=O) groups is 1. The molecule has 2 aromatic rings. The number of aliphatic hydroxyl groups is 1. The number of rotatable bonds is 9. The molecule has 3 atom stereocenters. The van der Waals surface area contributed by atoms with Crippen LogP contribution >= 0.6 is 0 Å². The second kappa shape index (κ2) is 10.1. The van der Waals surface area contributed by atoms with Crippen molar-refractivity contribution >= 4 is 6.09 Å². The van der Waals surface area contributed by atoms with Crippen LogP contribution in [0.2, 0.25) is 0 Å². The van der Waals surface area contributed by atoms with E-state index in [2.05, 4.69) is 5.32 Å². The number of alkyl carbamates (subject to hydrolysis) is 1. The summed E-state index contributed by atoms with van der Waals surface area (Å²) in [5, 5.41) is 13.2. The van der Waals surface area contributed by atoms with Crippen LogP contribution in [0.25, 0.3) is 0 Å². The predicted octanol–water partition coefficient (Wildman–Crippen LogP) is 4.05. The lowest BCUT2D eigenvalue weighted by Gasteiger charge is -2.39. The van der Waals surface area contributed by atoms with Gasteiger partial charge in [-0.25, -0.2) is 4.79 Å². The molecule has 146 valence electrons. The van der Waals surface area contributed by atoms with Crippen LogP contribution < -0.4 is 5.32 Å². The largest absolute Gasteiger partial charge is 0.445 e. The maximum Gasteiger partial charge on any atom is 0.408 e. The predicted molar refractivity (Wildman–Crippen MR) is 105 cm³/mol. The summed E-state index contributed by atoms with van der Waals surface area (Å²) in [6.45, 7) is 5.96. The molecule has 0 saturated carbocycles. The van der Waals surface area contributed by atoms with Gasteiger partial charge in [0.15, 0.2) is 0 Å². The van der Waals surface area contributed by atoms with E-state index in [1.807, 2.05) is 67.6 Å². The summed E-state index contributed by atoms with van der Waals surface area (Å²) < 4.78 is 11.4. The number of hydrogen-bond acceptors (Lipinski definition) is 4. The van der Waals surface area contributed by atoms with E-state index in [0.29, 0.717) is 13.0 Å². The SMILES string of the molecule is CC[C@@H](OCc1ccccc1)[C@](C)(NC(=O)OCc1ccccc1)[C@H](C)O. The Kier molecular flexibility index (Phi) is 7.82. The molecule has 0 radical (unpaired) electrons. The zero-order valence-corrected chi connectivity index (χ0v) is 16.2. The van der Waals surface area contributed by atoms with E-state index >= 15 is 0 Å². The van der Waals surface area contributed by atoms with Crippen LogP contribution in [0.3, 0.4) is 0 Å². The van der Waals surface area contributed by atoms with Crippen molar-refractivity contribution in [3.63, 3.8) is 0 Å². The van der Waals surface area contributed by atoms with Crippen LogP contribution in [0.15, 0.2) is 60.7 Å².